The fourth-order valence-corrected chi connectivity index (χ4v) is 3.46. The predicted molar refractivity (Wildman–Crippen MR) is 129 cm³/mol. The lowest BCUT2D eigenvalue weighted by Gasteiger charge is -2.19. The van der Waals surface area contributed by atoms with Crippen LogP contribution < -0.4 is 15.4 Å². The monoisotopic (exact) mass is 500 g/mol. The average Bonchev–Trinajstić information content (AvgIpc) is 2.80. The largest absolute Gasteiger partial charge is 0.505 e. The molecule has 0 unspecified atom stereocenters. The molecule has 2 rings (SSSR count). The summed E-state index contributed by atoms with van der Waals surface area (Å²) in [4.78, 5) is 25.3. The van der Waals surface area contributed by atoms with E-state index in [0.29, 0.717) is 13.2 Å². The Hall–Kier alpha value is -2.52. The normalized spacial score (nSPS) is 11.6. The van der Waals surface area contributed by atoms with Crippen molar-refractivity contribution in [2.45, 2.75) is 19.4 Å². The van der Waals surface area contributed by atoms with E-state index in [1.807, 2.05) is 37.4 Å². The topological polar surface area (TPSA) is 106 Å². The van der Waals surface area contributed by atoms with E-state index in [9.17, 15) is 14.7 Å². The summed E-state index contributed by atoms with van der Waals surface area (Å²) in [5.41, 5.74) is 0.641. The molecule has 10 heteroatoms. The molecule has 1 amide bonds. The molecule has 1 atom stereocenters. The van der Waals surface area contributed by atoms with Gasteiger partial charge < -0.3 is 30.0 Å². The SMILES string of the molecule is CCOC(=O)[C@@H](Cc1ccccc1)NC(=O)c1cc(Cl)c(OCCOCCNC)c(Cl)c1O.[HH]. The molecule has 0 spiro atoms. The Morgan fingerprint density at radius 3 is 2.55 bits per heavy atom. The van der Waals surface area contributed by atoms with E-state index in [0.717, 1.165) is 5.56 Å². The molecule has 0 bridgehead atoms. The summed E-state index contributed by atoms with van der Waals surface area (Å²) >= 11 is 12.5. The van der Waals surface area contributed by atoms with E-state index >= 15 is 0 Å². The van der Waals surface area contributed by atoms with Gasteiger partial charge in [-0.15, -0.1) is 0 Å². The number of carbonyl (C=O) groups excluding carboxylic acids is 2. The highest BCUT2D eigenvalue weighted by Crippen LogP contribution is 2.42. The van der Waals surface area contributed by atoms with Gasteiger partial charge in [-0.25, -0.2) is 4.79 Å². The van der Waals surface area contributed by atoms with Gasteiger partial charge in [0, 0.05) is 14.4 Å². The van der Waals surface area contributed by atoms with Crippen molar-refractivity contribution in [1.82, 2.24) is 10.6 Å². The number of phenolic OH excluding ortho intramolecular Hbond substituents is 1. The van der Waals surface area contributed by atoms with E-state index < -0.39 is 23.7 Å². The summed E-state index contributed by atoms with van der Waals surface area (Å²) in [7, 11) is 1.82. The number of carbonyl (C=O) groups is 2. The molecular weight excluding hydrogens is 471 g/mol. The van der Waals surface area contributed by atoms with Crippen LogP contribution in [0.3, 0.4) is 0 Å². The highest BCUT2D eigenvalue weighted by Gasteiger charge is 2.27. The number of hydrogen-bond donors (Lipinski definition) is 3. The molecule has 182 valence electrons. The second-order valence-corrected chi connectivity index (χ2v) is 7.72. The Morgan fingerprint density at radius 2 is 1.88 bits per heavy atom. The van der Waals surface area contributed by atoms with Gasteiger partial charge in [0.05, 0.1) is 30.4 Å². The lowest BCUT2D eigenvalue weighted by Crippen LogP contribution is -2.43. The van der Waals surface area contributed by atoms with Gasteiger partial charge in [-0.05, 0) is 25.6 Å². The summed E-state index contributed by atoms with van der Waals surface area (Å²) in [6, 6.07) is 9.44. The number of phenols is 1. The van der Waals surface area contributed by atoms with Crippen molar-refractivity contribution < 1.29 is 30.3 Å². The van der Waals surface area contributed by atoms with Crippen molar-refractivity contribution in [2.24, 2.45) is 0 Å². The molecule has 33 heavy (non-hydrogen) atoms. The number of likely N-dealkylation sites (N-methyl/N-ethyl adjacent to an activating group) is 1. The van der Waals surface area contributed by atoms with Crippen LogP contribution in [0.4, 0.5) is 0 Å². The number of esters is 1. The molecule has 0 saturated carbocycles. The number of amides is 1. The maximum Gasteiger partial charge on any atom is 0.328 e. The minimum absolute atomic E-state index is 0. The molecule has 2 aromatic carbocycles. The minimum atomic E-state index is -0.970. The Labute approximate surface area is 204 Å². The van der Waals surface area contributed by atoms with Gasteiger partial charge in [-0.3, -0.25) is 4.79 Å². The summed E-state index contributed by atoms with van der Waals surface area (Å²) < 4.78 is 16.0. The highest BCUT2D eigenvalue weighted by molar-refractivity contribution is 6.39. The molecule has 8 nitrogen and oxygen atoms in total. The Kier molecular flexibility index (Phi) is 11.3. The number of aromatic hydroxyl groups is 1. The molecule has 0 saturated heterocycles. The zero-order chi connectivity index (χ0) is 24.2. The minimum Gasteiger partial charge on any atom is -0.505 e. The van der Waals surface area contributed by atoms with E-state index in [4.69, 9.17) is 37.4 Å². The molecule has 0 fully saturated rings. The van der Waals surface area contributed by atoms with Gasteiger partial charge in [0.2, 0.25) is 0 Å². The van der Waals surface area contributed by atoms with Crippen molar-refractivity contribution in [3.05, 3.63) is 57.6 Å². The van der Waals surface area contributed by atoms with Crippen molar-refractivity contribution in [1.29, 1.82) is 0 Å². The van der Waals surface area contributed by atoms with E-state index in [-0.39, 0.29) is 49.0 Å². The summed E-state index contributed by atoms with van der Waals surface area (Å²) in [6.45, 7) is 3.48. The Balaban J connectivity index is 0.00000578. The number of halogens is 2. The number of nitrogens with one attached hydrogen (secondary N) is 2. The van der Waals surface area contributed by atoms with Gasteiger partial charge >= 0.3 is 5.97 Å². The molecule has 0 heterocycles. The summed E-state index contributed by atoms with van der Waals surface area (Å²) in [6.07, 6.45) is 0.211. The Bertz CT molecular complexity index is 933. The van der Waals surface area contributed by atoms with Gasteiger partial charge in [0.1, 0.15) is 17.7 Å². The maximum absolute atomic E-state index is 12.9. The number of hydrogen-bond acceptors (Lipinski definition) is 7. The molecule has 2 aromatic rings. The first-order valence-electron chi connectivity index (χ1n) is 10.5. The van der Waals surface area contributed by atoms with Crippen LogP contribution in [-0.2, 0) is 20.7 Å². The Morgan fingerprint density at radius 1 is 1.15 bits per heavy atom. The van der Waals surface area contributed by atoms with Gasteiger partial charge in [-0.2, -0.15) is 0 Å². The first-order valence-corrected chi connectivity index (χ1v) is 11.2. The van der Waals surface area contributed by atoms with Gasteiger partial charge in [0.25, 0.3) is 5.91 Å². The second-order valence-electron chi connectivity index (χ2n) is 6.93. The molecule has 3 N–H and O–H groups in total. The molecule has 0 aliphatic rings. The van der Waals surface area contributed by atoms with Crippen molar-refractivity contribution in [3.8, 4) is 11.5 Å². The summed E-state index contributed by atoms with van der Waals surface area (Å²) in [5, 5.41) is 15.9. The van der Waals surface area contributed by atoms with E-state index in [2.05, 4.69) is 10.6 Å². The van der Waals surface area contributed by atoms with Gasteiger partial charge in [0.15, 0.2) is 11.5 Å². The van der Waals surface area contributed by atoms with Crippen molar-refractivity contribution in [2.75, 3.05) is 40.0 Å². The van der Waals surface area contributed by atoms with Gasteiger partial charge in [-0.1, -0.05) is 53.5 Å². The third-order valence-corrected chi connectivity index (χ3v) is 5.16. The smallest absolute Gasteiger partial charge is 0.328 e. The lowest BCUT2D eigenvalue weighted by molar-refractivity contribution is -0.145. The number of benzene rings is 2. The van der Waals surface area contributed by atoms with Crippen LogP contribution in [0.5, 0.6) is 11.5 Å². The van der Waals surface area contributed by atoms with Crippen LogP contribution in [0.2, 0.25) is 10.0 Å². The third kappa shape index (κ3) is 8.08. The average molecular weight is 501 g/mol. The van der Waals surface area contributed by atoms with Crippen LogP contribution in [0, 0.1) is 0 Å². The van der Waals surface area contributed by atoms with Crippen LogP contribution in [-0.4, -0.2) is 63.0 Å². The number of rotatable bonds is 13. The van der Waals surface area contributed by atoms with Crippen molar-refractivity contribution >= 4 is 35.1 Å². The number of ether oxygens (including phenoxy) is 3. The highest BCUT2D eigenvalue weighted by atomic mass is 35.5. The lowest BCUT2D eigenvalue weighted by atomic mass is 10.1. The maximum atomic E-state index is 12.9. The predicted octanol–water partition coefficient (Wildman–Crippen LogP) is 3.46. The molecule has 0 aromatic heterocycles. The van der Waals surface area contributed by atoms with Crippen LogP contribution >= 0.6 is 23.2 Å². The van der Waals surface area contributed by atoms with Crippen molar-refractivity contribution in [3.63, 3.8) is 0 Å². The molecule has 0 aliphatic carbocycles. The first kappa shape index (κ1) is 26.7. The fourth-order valence-electron chi connectivity index (χ4n) is 2.90. The second kappa shape index (κ2) is 13.9. The molecule has 0 aliphatic heterocycles. The third-order valence-electron chi connectivity index (χ3n) is 4.52. The summed E-state index contributed by atoms with van der Waals surface area (Å²) in [5.74, 6) is -1.79. The quantitative estimate of drug-likeness (QED) is 0.285. The van der Waals surface area contributed by atoms with Crippen LogP contribution in [0.15, 0.2) is 36.4 Å². The molecule has 0 radical (unpaired) electrons. The first-order chi connectivity index (χ1) is 15.9. The fraction of sp³-hybridized carbons (Fsp3) is 0.391. The molecular formula is C23H30Cl2N2O6. The van der Waals surface area contributed by atoms with Crippen LogP contribution in [0.1, 0.15) is 24.3 Å². The zero-order valence-electron chi connectivity index (χ0n) is 18.5. The van der Waals surface area contributed by atoms with E-state index in [1.54, 1.807) is 6.92 Å². The zero-order valence-corrected chi connectivity index (χ0v) is 20.0. The van der Waals surface area contributed by atoms with E-state index in [1.165, 1.54) is 6.07 Å². The van der Waals surface area contributed by atoms with Crippen LogP contribution in [0.25, 0.3) is 0 Å². The standard InChI is InChI=1S/C23H28Cl2N2O6.H2/c1-3-32-23(30)18(13-15-7-5-4-6-8-15)27-22(29)16-14-17(24)21(19(25)20(16)28)33-12-11-31-10-9-26-2;/h4-8,14,18,26,28H,3,9-13H2,1-2H3,(H,27,29);1H/t18-;/m1./s1.